The summed E-state index contributed by atoms with van der Waals surface area (Å²) in [4.78, 5) is 14.2. The number of nitrogens with zero attached hydrogens (tertiary/aromatic N) is 4. The Morgan fingerprint density at radius 1 is 1.19 bits per heavy atom. The molecular weight excluding hydrogens is 322 g/mol. The van der Waals surface area contributed by atoms with E-state index in [0.29, 0.717) is 17.9 Å². The Morgan fingerprint density at radius 3 is 2.58 bits per heavy atom. The first-order chi connectivity index (χ1) is 12.5. The van der Waals surface area contributed by atoms with E-state index in [-0.39, 0.29) is 0 Å². The molecule has 3 fully saturated rings. The second-order valence-corrected chi connectivity index (χ2v) is 7.94. The molecule has 5 heteroatoms. The summed E-state index contributed by atoms with van der Waals surface area (Å²) in [5, 5.41) is 0. The van der Waals surface area contributed by atoms with Gasteiger partial charge in [-0.25, -0.2) is 9.97 Å². The summed E-state index contributed by atoms with van der Waals surface area (Å²) in [5.41, 5.74) is 10.6. The van der Waals surface area contributed by atoms with Crippen LogP contribution in [0.15, 0.2) is 30.3 Å². The van der Waals surface area contributed by atoms with E-state index in [1.165, 1.54) is 30.8 Å². The van der Waals surface area contributed by atoms with Gasteiger partial charge in [0.05, 0.1) is 5.69 Å². The van der Waals surface area contributed by atoms with Gasteiger partial charge >= 0.3 is 0 Å². The molecular formula is C21H29N5. The molecule has 26 heavy (non-hydrogen) atoms. The molecule has 1 unspecified atom stereocenters. The Kier molecular flexibility index (Phi) is 4.67. The average Bonchev–Trinajstić information content (AvgIpc) is 2.67. The van der Waals surface area contributed by atoms with E-state index in [9.17, 15) is 0 Å². The molecule has 1 aromatic heterocycles. The van der Waals surface area contributed by atoms with E-state index in [2.05, 4.69) is 54.2 Å². The Hall–Kier alpha value is -1.98. The van der Waals surface area contributed by atoms with Crippen LogP contribution in [0.5, 0.6) is 0 Å². The normalized spacial score (nSPS) is 27.5. The van der Waals surface area contributed by atoms with Crippen molar-refractivity contribution in [2.45, 2.75) is 31.7 Å². The molecule has 0 aliphatic carbocycles. The van der Waals surface area contributed by atoms with Gasteiger partial charge < -0.3 is 10.6 Å². The highest BCUT2D eigenvalue weighted by atomic mass is 15.2. The van der Waals surface area contributed by atoms with Crippen molar-refractivity contribution in [3.05, 3.63) is 41.9 Å². The monoisotopic (exact) mass is 351 g/mol. The smallest absolute Gasteiger partial charge is 0.126 e. The number of hydrogen-bond donors (Lipinski definition) is 1. The second-order valence-electron chi connectivity index (χ2n) is 7.94. The molecule has 2 aromatic rings. The molecule has 0 saturated carbocycles. The zero-order valence-electron chi connectivity index (χ0n) is 16.0. The number of hydrogen-bond acceptors (Lipinski definition) is 5. The van der Waals surface area contributed by atoms with E-state index in [0.717, 1.165) is 30.2 Å². The van der Waals surface area contributed by atoms with Gasteiger partial charge in [-0.1, -0.05) is 12.1 Å². The highest BCUT2D eigenvalue weighted by molar-refractivity contribution is 5.63. The Balaban J connectivity index is 1.63. The third-order valence-corrected chi connectivity index (χ3v) is 6.07. The van der Waals surface area contributed by atoms with Gasteiger partial charge in [-0.15, -0.1) is 0 Å². The van der Waals surface area contributed by atoms with Crippen molar-refractivity contribution < 1.29 is 0 Å². The third-order valence-electron chi connectivity index (χ3n) is 6.07. The molecule has 3 saturated heterocycles. The first kappa shape index (κ1) is 17.4. The SMILES string of the molecule is Cc1nc(-c2ccc(N(C)C)cc2)cc([C@@H]2CN3CC[C@H]2C[C@@H]3CN)n1. The summed E-state index contributed by atoms with van der Waals surface area (Å²) in [7, 11) is 4.12. The molecule has 2 N–H and O–H groups in total. The van der Waals surface area contributed by atoms with E-state index in [1.807, 2.05) is 6.92 Å². The summed E-state index contributed by atoms with van der Waals surface area (Å²) in [5.74, 6) is 2.07. The molecule has 0 amide bonds. The van der Waals surface area contributed by atoms with Crippen LogP contribution < -0.4 is 10.6 Å². The van der Waals surface area contributed by atoms with Crippen LogP contribution >= 0.6 is 0 Å². The molecule has 5 nitrogen and oxygen atoms in total. The van der Waals surface area contributed by atoms with Gasteiger partial charge in [0.25, 0.3) is 0 Å². The lowest BCUT2D eigenvalue weighted by atomic mass is 9.74. The molecule has 3 aliphatic rings. The predicted octanol–water partition coefficient (Wildman–Crippen LogP) is 2.65. The first-order valence-electron chi connectivity index (χ1n) is 9.62. The van der Waals surface area contributed by atoms with Crippen LogP contribution in [0.4, 0.5) is 5.69 Å². The first-order valence-corrected chi connectivity index (χ1v) is 9.62. The van der Waals surface area contributed by atoms with Crippen LogP contribution in [0.25, 0.3) is 11.3 Å². The largest absolute Gasteiger partial charge is 0.378 e. The summed E-state index contributed by atoms with van der Waals surface area (Å²) in [6.07, 6.45) is 2.47. The maximum atomic E-state index is 5.96. The third kappa shape index (κ3) is 3.21. The van der Waals surface area contributed by atoms with E-state index >= 15 is 0 Å². The van der Waals surface area contributed by atoms with Crippen molar-refractivity contribution in [1.29, 1.82) is 0 Å². The number of aromatic nitrogens is 2. The fraction of sp³-hybridized carbons (Fsp3) is 0.524. The minimum atomic E-state index is 0.507. The van der Waals surface area contributed by atoms with Crippen molar-refractivity contribution in [3.63, 3.8) is 0 Å². The number of rotatable bonds is 4. The number of aryl methyl sites for hydroxylation is 1. The van der Waals surface area contributed by atoms with E-state index < -0.39 is 0 Å². The number of benzene rings is 1. The molecule has 0 spiro atoms. The fourth-order valence-electron chi connectivity index (χ4n) is 4.58. The Bertz CT molecular complexity index is 770. The van der Waals surface area contributed by atoms with Gasteiger partial charge in [0.15, 0.2) is 0 Å². The lowest BCUT2D eigenvalue weighted by Crippen LogP contribution is -2.55. The Labute approximate surface area is 156 Å². The van der Waals surface area contributed by atoms with E-state index in [1.54, 1.807) is 0 Å². The summed E-state index contributed by atoms with van der Waals surface area (Å²) < 4.78 is 0. The highest BCUT2D eigenvalue weighted by Gasteiger charge is 2.40. The average molecular weight is 351 g/mol. The van der Waals surface area contributed by atoms with Gasteiger partial charge in [-0.3, -0.25) is 4.90 Å². The van der Waals surface area contributed by atoms with Crippen LogP contribution in [-0.2, 0) is 0 Å². The predicted molar refractivity (Wildman–Crippen MR) is 106 cm³/mol. The van der Waals surface area contributed by atoms with Crippen LogP contribution in [-0.4, -0.2) is 54.6 Å². The molecule has 4 atom stereocenters. The molecule has 138 valence electrons. The quantitative estimate of drug-likeness (QED) is 0.918. The maximum Gasteiger partial charge on any atom is 0.126 e. The topological polar surface area (TPSA) is 58.3 Å². The minimum absolute atomic E-state index is 0.507. The van der Waals surface area contributed by atoms with Crippen molar-refractivity contribution in [2.24, 2.45) is 11.7 Å². The molecule has 0 radical (unpaired) electrons. The highest BCUT2D eigenvalue weighted by Crippen LogP contribution is 2.41. The van der Waals surface area contributed by atoms with Crippen LogP contribution in [0.1, 0.15) is 30.3 Å². The molecule has 1 aromatic carbocycles. The summed E-state index contributed by atoms with van der Waals surface area (Å²) in [6, 6.07) is 11.4. The minimum Gasteiger partial charge on any atom is -0.378 e. The maximum absolute atomic E-state index is 5.96. The Morgan fingerprint density at radius 2 is 1.96 bits per heavy atom. The fourth-order valence-corrected chi connectivity index (χ4v) is 4.58. The summed E-state index contributed by atoms with van der Waals surface area (Å²) >= 11 is 0. The van der Waals surface area contributed by atoms with Crippen LogP contribution in [0.2, 0.25) is 0 Å². The molecule has 4 heterocycles. The van der Waals surface area contributed by atoms with Crippen molar-refractivity contribution >= 4 is 5.69 Å². The molecule has 5 rings (SSSR count). The zero-order valence-corrected chi connectivity index (χ0v) is 16.0. The van der Waals surface area contributed by atoms with Crippen molar-refractivity contribution in [2.75, 3.05) is 38.6 Å². The van der Waals surface area contributed by atoms with Gasteiger partial charge in [0.1, 0.15) is 5.82 Å². The van der Waals surface area contributed by atoms with Gasteiger partial charge in [0.2, 0.25) is 0 Å². The van der Waals surface area contributed by atoms with Crippen molar-refractivity contribution in [1.82, 2.24) is 14.9 Å². The lowest BCUT2D eigenvalue weighted by molar-refractivity contribution is 0.0333. The molecule has 3 aliphatic heterocycles. The van der Waals surface area contributed by atoms with Gasteiger partial charge in [-0.2, -0.15) is 0 Å². The lowest BCUT2D eigenvalue weighted by Gasteiger charge is -2.49. The standard InChI is InChI=1S/C21H29N5/c1-14-23-20(15-4-6-17(7-5-15)25(2)3)11-21(24-14)19-13-26-9-8-16(19)10-18(26)12-22/h4-7,11,16,18-19H,8-10,12-13,22H2,1-3H3/t16-,18+,19+/m0/s1. The van der Waals surface area contributed by atoms with Gasteiger partial charge in [0, 0.05) is 56.1 Å². The van der Waals surface area contributed by atoms with Crippen LogP contribution in [0, 0.1) is 12.8 Å². The number of anilines is 1. The number of piperidine rings is 3. The second kappa shape index (κ2) is 6.97. The van der Waals surface area contributed by atoms with Crippen LogP contribution in [0.3, 0.4) is 0 Å². The van der Waals surface area contributed by atoms with Gasteiger partial charge in [-0.05, 0) is 50.4 Å². The number of nitrogens with two attached hydrogens (primary N) is 1. The number of fused-ring (bicyclic) bond motifs is 3. The molecule has 2 bridgehead atoms. The summed E-state index contributed by atoms with van der Waals surface area (Å²) in [6.45, 7) is 5.05. The zero-order chi connectivity index (χ0) is 18.3. The van der Waals surface area contributed by atoms with E-state index in [4.69, 9.17) is 15.7 Å². The van der Waals surface area contributed by atoms with Crippen molar-refractivity contribution in [3.8, 4) is 11.3 Å².